The van der Waals surface area contributed by atoms with Crippen molar-refractivity contribution in [3.05, 3.63) is 26.2 Å². The molecule has 1 aromatic rings. The zero-order valence-corrected chi connectivity index (χ0v) is 13.7. The fraction of sp³-hybridized carbons (Fsp3) is 0.500. The molecular formula is C12H17BrINO2. The molecule has 0 saturated carbocycles. The summed E-state index contributed by atoms with van der Waals surface area (Å²) in [6, 6.07) is 6.01. The quantitative estimate of drug-likeness (QED) is 0.703. The van der Waals surface area contributed by atoms with E-state index in [-0.39, 0.29) is 6.10 Å². The fourth-order valence-corrected chi connectivity index (χ4v) is 2.11. The third-order valence-electron chi connectivity index (χ3n) is 2.08. The van der Waals surface area contributed by atoms with Crippen molar-refractivity contribution < 1.29 is 9.84 Å². The molecule has 5 heteroatoms. The highest BCUT2D eigenvalue weighted by Gasteiger charge is 2.07. The van der Waals surface area contributed by atoms with Gasteiger partial charge in [0.1, 0.15) is 0 Å². The molecule has 0 amide bonds. The summed E-state index contributed by atoms with van der Waals surface area (Å²) < 4.78 is 7.49. The highest BCUT2D eigenvalue weighted by molar-refractivity contribution is 14.1. The maximum absolute atomic E-state index is 9.72. The Morgan fingerprint density at radius 3 is 2.82 bits per heavy atom. The smallest absolute Gasteiger partial charge is 0.0945 e. The van der Waals surface area contributed by atoms with Gasteiger partial charge >= 0.3 is 0 Å². The Morgan fingerprint density at radius 1 is 1.47 bits per heavy atom. The Bertz CT molecular complexity index is 360. The van der Waals surface area contributed by atoms with Gasteiger partial charge in [0, 0.05) is 20.3 Å². The van der Waals surface area contributed by atoms with E-state index >= 15 is 0 Å². The van der Waals surface area contributed by atoms with Gasteiger partial charge in [-0.3, -0.25) is 0 Å². The topological polar surface area (TPSA) is 41.5 Å². The monoisotopic (exact) mass is 413 g/mol. The minimum atomic E-state index is -0.493. The van der Waals surface area contributed by atoms with Gasteiger partial charge in [-0.15, -0.1) is 0 Å². The third-order valence-corrected chi connectivity index (χ3v) is 3.51. The number of halogens is 2. The van der Waals surface area contributed by atoms with Crippen LogP contribution in [0.2, 0.25) is 0 Å². The molecule has 0 saturated heterocycles. The molecule has 0 aliphatic rings. The maximum atomic E-state index is 9.72. The van der Waals surface area contributed by atoms with Crippen LogP contribution in [-0.2, 0) is 4.74 Å². The van der Waals surface area contributed by atoms with Gasteiger partial charge < -0.3 is 15.2 Å². The predicted molar refractivity (Wildman–Crippen MR) is 82.4 cm³/mol. The van der Waals surface area contributed by atoms with Crippen LogP contribution in [0.4, 0.5) is 5.69 Å². The summed E-state index contributed by atoms with van der Waals surface area (Å²) in [4.78, 5) is 0. The van der Waals surface area contributed by atoms with Gasteiger partial charge in [0.05, 0.1) is 18.8 Å². The lowest BCUT2D eigenvalue weighted by molar-refractivity contribution is 0.0112. The minimum Gasteiger partial charge on any atom is -0.389 e. The first kappa shape index (κ1) is 15.2. The van der Waals surface area contributed by atoms with Crippen LogP contribution in [0.15, 0.2) is 22.7 Å². The van der Waals surface area contributed by atoms with E-state index in [4.69, 9.17) is 4.74 Å². The standard InChI is InChI=1S/C12H17BrINO2/c1-8(2)17-7-10(16)6-15-12-5-9(13)3-4-11(12)14/h3-5,8,10,15-16H,6-7H2,1-2H3. The highest BCUT2D eigenvalue weighted by Crippen LogP contribution is 2.22. The molecule has 0 spiro atoms. The summed E-state index contributed by atoms with van der Waals surface area (Å²) in [5.41, 5.74) is 1.02. The SMILES string of the molecule is CC(C)OCC(O)CNc1cc(Br)ccc1I. The largest absolute Gasteiger partial charge is 0.389 e. The van der Waals surface area contributed by atoms with E-state index in [9.17, 15) is 5.11 Å². The van der Waals surface area contributed by atoms with Crippen LogP contribution in [0.1, 0.15) is 13.8 Å². The van der Waals surface area contributed by atoms with Crippen molar-refractivity contribution in [2.24, 2.45) is 0 Å². The first-order valence-corrected chi connectivity index (χ1v) is 7.35. The lowest BCUT2D eigenvalue weighted by Crippen LogP contribution is -2.26. The number of rotatable bonds is 6. The molecule has 0 aliphatic carbocycles. The summed E-state index contributed by atoms with van der Waals surface area (Å²) >= 11 is 5.68. The Kier molecular flexibility index (Phi) is 6.76. The molecule has 0 radical (unpaired) electrons. The number of aliphatic hydroxyl groups is 1. The summed E-state index contributed by atoms with van der Waals surface area (Å²) in [7, 11) is 0. The average Bonchev–Trinajstić information content (AvgIpc) is 2.27. The van der Waals surface area contributed by atoms with Crippen LogP contribution in [0.3, 0.4) is 0 Å². The molecular weight excluding hydrogens is 397 g/mol. The van der Waals surface area contributed by atoms with Gasteiger partial charge in [-0.05, 0) is 54.6 Å². The first-order valence-electron chi connectivity index (χ1n) is 5.47. The van der Waals surface area contributed by atoms with Gasteiger partial charge in [0.2, 0.25) is 0 Å². The molecule has 0 aromatic heterocycles. The summed E-state index contributed by atoms with van der Waals surface area (Å²) in [5.74, 6) is 0. The normalized spacial score (nSPS) is 12.8. The maximum Gasteiger partial charge on any atom is 0.0945 e. The van der Waals surface area contributed by atoms with Crippen LogP contribution >= 0.6 is 38.5 Å². The van der Waals surface area contributed by atoms with E-state index in [1.807, 2.05) is 32.0 Å². The molecule has 17 heavy (non-hydrogen) atoms. The van der Waals surface area contributed by atoms with Gasteiger partial charge in [0.15, 0.2) is 0 Å². The number of ether oxygens (including phenoxy) is 1. The highest BCUT2D eigenvalue weighted by atomic mass is 127. The van der Waals surface area contributed by atoms with E-state index in [0.717, 1.165) is 13.7 Å². The van der Waals surface area contributed by atoms with Crippen molar-refractivity contribution in [2.45, 2.75) is 26.1 Å². The van der Waals surface area contributed by atoms with E-state index in [1.54, 1.807) is 0 Å². The van der Waals surface area contributed by atoms with E-state index in [0.29, 0.717) is 13.2 Å². The summed E-state index contributed by atoms with van der Waals surface area (Å²) in [5, 5.41) is 12.9. The lowest BCUT2D eigenvalue weighted by atomic mass is 10.3. The lowest BCUT2D eigenvalue weighted by Gasteiger charge is -2.15. The molecule has 0 fully saturated rings. The Labute approximate surface area is 124 Å². The Morgan fingerprint density at radius 2 is 2.18 bits per heavy atom. The van der Waals surface area contributed by atoms with Crippen LogP contribution in [0.25, 0.3) is 0 Å². The van der Waals surface area contributed by atoms with Crippen LogP contribution < -0.4 is 5.32 Å². The number of hydrogen-bond donors (Lipinski definition) is 2. The molecule has 1 rings (SSSR count). The second-order valence-corrected chi connectivity index (χ2v) is 6.12. The molecule has 0 aliphatic heterocycles. The summed E-state index contributed by atoms with van der Waals surface area (Å²) in [6.45, 7) is 4.75. The number of hydrogen-bond acceptors (Lipinski definition) is 3. The van der Waals surface area contributed by atoms with Gasteiger partial charge in [-0.2, -0.15) is 0 Å². The van der Waals surface area contributed by atoms with Crippen molar-refractivity contribution in [3.63, 3.8) is 0 Å². The first-order chi connectivity index (χ1) is 7.99. The third kappa shape index (κ3) is 6.03. The fourth-order valence-electron chi connectivity index (χ4n) is 1.22. The van der Waals surface area contributed by atoms with Gasteiger partial charge in [-0.25, -0.2) is 0 Å². The van der Waals surface area contributed by atoms with Crippen LogP contribution in [-0.4, -0.2) is 30.5 Å². The Hall–Kier alpha value is 0.150. The predicted octanol–water partition coefficient (Wildman–Crippen LogP) is 3.25. The molecule has 1 atom stereocenters. The number of anilines is 1. The van der Waals surface area contributed by atoms with Crippen molar-refractivity contribution in [1.82, 2.24) is 0 Å². The second-order valence-electron chi connectivity index (χ2n) is 4.04. The van der Waals surface area contributed by atoms with Crippen LogP contribution in [0, 0.1) is 3.57 Å². The Balaban J connectivity index is 2.41. The van der Waals surface area contributed by atoms with Crippen LogP contribution in [0.5, 0.6) is 0 Å². The molecule has 3 nitrogen and oxygen atoms in total. The zero-order chi connectivity index (χ0) is 12.8. The van der Waals surface area contributed by atoms with Crippen molar-refractivity contribution in [3.8, 4) is 0 Å². The van der Waals surface area contributed by atoms with Crippen molar-refractivity contribution in [1.29, 1.82) is 0 Å². The molecule has 0 bridgehead atoms. The number of nitrogens with one attached hydrogen (secondary N) is 1. The van der Waals surface area contributed by atoms with E-state index in [2.05, 4.69) is 43.8 Å². The van der Waals surface area contributed by atoms with Gasteiger partial charge in [-0.1, -0.05) is 15.9 Å². The molecule has 2 N–H and O–H groups in total. The summed E-state index contributed by atoms with van der Waals surface area (Å²) in [6.07, 6.45) is -0.345. The van der Waals surface area contributed by atoms with Crippen molar-refractivity contribution in [2.75, 3.05) is 18.5 Å². The van der Waals surface area contributed by atoms with Gasteiger partial charge in [0.25, 0.3) is 0 Å². The minimum absolute atomic E-state index is 0.149. The number of benzene rings is 1. The molecule has 1 aromatic carbocycles. The zero-order valence-electron chi connectivity index (χ0n) is 9.91. The molecule has 0 heterocycles. The molecule has 96 valence electrons. The number of aliphatic hydroxyl groups excluding tert-OH is 1. The van der Waals surface area contributed by atoms with E-state index < -0.39 is 6.10 Å². The average molecular weight is 414 g/mol. The second kappa shape index (κ2) is 7.56. The molecule has 1 unspecified atom stereocenters. The van der Waals surface area contributed by atoms with E-state index in [1.165, 1.54) is 0 Å². The van der Waals surface area contributed by atoms with Crippen molar-refractivity contribution >= 4 is 44.2 Å².